The average molecular weight is 361 g/mol. The van der Waals surface area contributed by atoms with Gasteiger partial charge in [0.25, 0.3) is 0 Å². The van der Waals surface area contributed by atoms with E-state index < -0.39 is 0 Å². The van der Waals surface area contributed by atoms with Crippen molar-refractivity contribution in [1.29, 1.82) is 0 Å². The number of hydrogen-bond acceptors (Lipinski definition) is 3. The van der Waals surface area contributed by atoms with Gasteiger partial charge in [-0.2, -0.15) is 0 Å². The molecular weight excluding hydrogens is 332 g/mol. The molecule has 6 heteroatoms. The molecule has 1 aliphatic heterocycles. The maximum atomic E-state index is 11.5. The van der Waals surface area contributed by atoms with Crippen LogP contribution < -0.4 is 16.0 Å². The zero-order valence-corrected chi connectivity index (χ0v) is 15.5. The maximum absolute atomic E-state index is 11.5. The average Bonchev–Trinajstić information content (AvgIpc) is 3.46. The standard InChI is InChI=1S/C19H28N4OS/c24-18(16-6-7-16)20-10-11-21-19(25)22-17-8-12-23(13-9-17)14-15-4-2-1-3-5-15/h1-5,16-17H,6-14H2,(H,20,24)(H2,21,22,25). The largest absolute Gasteiger partial charge is 0.361 e. The molecule has 1 saturated heterocycles. The first-order chi connectivity index (χ1) is 12.2. The molecule has 0 atom stereocenters. The first-order valence-corrected chi connectivity index (χ1v) is 9.70. The number of nitrogens with one attached hydrogen (secondary N) is 3. The van der Waals surface area contributed by atoms with Crippen LogP contribution >= 0.6 is 12.2 Å². The van der Waals surface area contributed by atoms with Gasteiger partial charge >= 0.3 is 0 Å². The third-order valence-corrected chi connectivity index (χ3v) is 5.09. The monoisotopic (exact) mass is 360 g/mol. The fourth-order valence-corrected chi connectivity index (χ4v) is 3.43. The molecule has 0 radical (unpaired) electrons. The topological polar surface area (TPSA) is 56.4 Å². The minimum Gasteiger partial charge on any atom is -0.361 e. The Kier molecular flexibility index (Phi) is 6.64. The normalized spacial score (nSPS) is 18.6. The summed E-state index contributed by atoms with van der Waals surface area (Å²) in [5, 5.41) is 10.2. The van der Waals surface area contributed by atoms with Gasteiger partial charge in [0.05, 0.1) is 0 Å². The van der Waals surface area contributed by atoms with Gasteiger partial charge in [-0.1, -0.05) is 30.3 Å². The van der Waals surface area contributed by atoms with Gasteiger partial charge < -0.3 is 16.0 Å². The van der Waals surface area contributed by atoms with Crippen LogP contribution in [-0.2, 0) is 11.3 Å². The number of carbonyl (C=O) groups excluding carboxylic acids is 1. The van der Waals surface area contributed by atoms with Crippen molar-refractivity contribution >= 4 is 23.2 Å². The Balaban J connectivity index is 1.26. The van der Waals surface area contributed by atoms with E-state index in [1.165, 1.54) is 5.56 Å². The Labute approximate surface area is 155 Å². The predicted octanol–water partition coefficient (Wildman–Crippen LogP) is 1.64. The third kappa shape index (κ3) is 6.29. The van der Waals surface area contributed by atoms with Gasteiger partial charge in [0.2, 0.25) is 5.91 Å². The number of rotatable bonds is 7. The van der Waals surface area contributed by atoms with Crippen LogP contribution in [0, 0.1) is 5.92 Å². The molecule has 1 aliphatic carbocycles. The van der Waals surface area contributed by atoms with Crippen LogP contribution in [0.25, 0.3) is 0 Å². The van der Waals surface area contributed by atoms with Crippen molar-refractivity contribution in [2.24, 2.45) is 5.92 Å². The Morgan fingerprint density at radius 3 is 2.40 bits per heavy atom. The summed E-state index contributed by atoms with van der Waals surface area (Å²) in [5.74, 6) is 0.456. The summed E-state index contributed by atoms with van der Waals surface area (Å²) in [6.07, 6.45) is 4.30. The molecular formula is C19H28N4OS. The molecule has 3 rings (SSSR count). The summed E-state index contributed by atoms with van der Waals surface area (Å²) in [6, 6.07) is 11.1. The van der Waals surface area contributed by atoms with Gasteiger partial charge in [-0.3, -0.25) is 9.69 Å². The number of likely N-dealkylation sites (tertiary alicyclic amines) is 1. The summed E-state index contributed by atoms with van der Waals surface area (Å²) in [6.45, 7) is 4.51. The lowest BCUT2D eigenvalue weighted by atomic mass is 10.0. The number of thiocarbonyl (C=S) groups is 1. The van der Waals surface area contributed by atoms with E-state index in [9.17, 15) is 4.79 Å². The van der Waals surface area contributed by atoms with Crippen molar-refractivity contribution in [2.45, 2.75) is 38.3 Å². The molecule has 136 valence electrons. The van der Waals surface area contributed by atoms with Crippen molar-refractivity contribution in [1.82, 2.24) is 20.9 Å². The molecule has 0 spiro atoms. The molecule has 5 nitrogen and oxygen atoms in total. The maximum Gasteiger partial charge on any atom is 0.223 e. The molecule has 1 amide bonds. The van der Waals surface area contributed by atoms with Crippen LogP contribution in [0.2, 0.25) is 0 Å². The van der Waals surface area contributed by atoms with Crippen LogP contribution in [0.15, 0.2) is 30.3 Å². The third-order valence-electron chi connectivity index (χ3n) is 4.83. The van der Waals surface area contributed by atoms with Crippen LogP contribution in [0.1, 0.15) is 31.2 Å². The van der Waals surface area contributed by atoms with Crippen molar-refractivity contribution in [3.63, 3.8) is 0 Å². The van der Waals surface area contributed by atoms with Crippen molar-refractivity contribution < 1.29 is 4.79 Å². The molecule has 25 heavy (non-hydrogen) atoms. The van der Waals surface area contributed by atoms with E-state index >= 15 is 0 Å². The second kappa shape index (κ2) is 9.15. The smallest absolute Gasteiger partial charge is 0.223 e. The molecule has 1 heterocycles. The van der Waals surface area contributed by atoms with E-state index in [1.54, 1.807) is 0 Å². The second-order valence-electron chi connectivity index (χ2n) is 7.00. The molecule has 1 aromatic rings. The van der Waals surface area contributed by atoms with E-state index in [4.69, 9.17) is 12.2 Å². The molecule has 1 aromatic carbocycles. The quantitative estimate of drug-likeness (QED) is 0.510. The van der Waals surface area contributed by atoms with Crippen LogP contribution in [0.5, 0.6) is 0 Å². The lowest BCUT2D eigenvalue weighted by molar-refractivity contribution is -0.122. The summed E-state index contributed by atoms with van der Waals surface area (Å²) >= 11 is 5.36. The Morgan fingerprint density at radius 1 is 1.04 bits per heavy atom. The molecule has 2 fully saturated rings. The fraction of sp³-hybridized carbons (Fsp3) is 0.579. The van der Waals surface area contributed by atoms with Crippen molar-refractivity contribution in [3.05, 3.63) is 35.9 Å². The highest BCUT2D eigenvalue weighted by molar-refractivity contribution is 7.80. The van der Waals surface area contributed by atoms with Crippen molar-refractivity contribution in [3.8, 4) is 0 Å². The molecule has 3 N–H and O–H groups in total. The lowest BCUT2D eigenvalue weighted by Crippen LogP contribution is -2.48. The van der Waals surface area contributed by atoms with E-state index in [-0.39, 0.29) is 11.8 Å². The van der Waals surface area contributed by atoms with Gasteiger partial charge in [0, 0.05) is 44.7 Å². The van der Waals surface area contributed by atoms with Gasteiger partial charge in [-0.15, -0.1) is 0 Å². The predicted molar refractivity (Wildman–Crippen MR) is 104 cm³/mol. The molecule has 0 unspecified atom stereocenters. The Hall–Kier alpha value is -1.66. The van der Waals surface area contributed by atoms with Gasteiger partial charge in [0.1, 0.15) is 0 Å². The molecule has 0 aromatic heterocycles. The number of carbonyl (C=O) groups is 1. The zero-order chi connectivity index (χ0) is 17.5. The number of benzene rings is 1. The minimum absolute atomic E-state index is 0.187. The van der Waals surface area contributed by atoms with Crippen LogP contribution in [0.3, 0.4) is 0 Å². The van der Waals surface area contributed by atoms with Gasteiger partial charge in [0.15, 0.2) is 5.11 Å². The zero-order valence-electron chi connectivity index (χ0n) is 14.7. The highest BCUT2D eigenvalue weighted by atomic mass is 32.1. The number of nitrogens with zero attached hydrogens (tertiary/aromatic N) is 1. The Morgan fingerprint density at radius 2 is 1.72 bits per heavy atom. The van der Waals surface area contributed by atoms with E-state index in [0.29, 0.717) is 24.2 Å². The highest BCUT2D eigenvalue weighted by Crippen LogP contribution is 2.28. The van der Waals surface area contributed by atoms with Gasteiger partial charge in [-0.05, 0) is 43.5 Å². The Bertz CT molecular complexity index is 568. The summed E-state index contributed by atoms with van der Waals surface area (Å²) < 4.78 is 0. The minimum atomic E-state index is 0.187. The second-order valence-corrected chi connectivity index (χ2v) is 7.41. The summed E-state index contributed by atoms with van der Waals surface area (Å²) in [5.41, 5.74) is 1.37. The van der Waals surface area contributed by atoms with Crippen molar-refractivity contribution in [2.75, 3.05) is 26.2 Å². The van der Waals surface area contributed by atoms with E-state index in [0.717, 1.165) is 45.3 Å². The van der Waals surface area contributed by atoms with Crippen LogP contribution in [0.4, 0.5) is 0 Å². The number of hydrogen-bond donors (Lipinski definition) is 3. The molecule has 2 aliphatic rings. The number of amides is 1. The first kappa shape index (κ1) is 18.1. The molecule has 1 saturated carbocycles. The SMILES string of the molecule is O=C(NCCNC(=S)NC1CCN(Cc2ccccc2)CC1)C1CC1. The highest BCUT2D eigenvalue weighted by Gasteiger charge is 2.29. The van der Waals surface area contributed by atoms with E-state index in [1.807, 2.05) is 0 Å². The fourth-order valence-electron chi connectivity index (χ4n) is 3.17. The molecule has 0 bridgehead atoms. The van der Waals surface area contributed by atoms with Crippen LogP contribution in [-0.4, -0.2) is 48.1 Å². The number of piperidine rings is 1. The summed E-state index contributed by atoms with van der Waals surface area (Å²) in [4.78, 5) is 14.0. The summed E-state index contributed by atoms with van der Waals surface area (Å²) in [7, 11) is 0. The lowest BCUT2D eigenvalue weighted by Gasteiger charge is -2.33. The van der Waals surface area contributed by atoms with Gasteiger partial charge in [-0.25, -0.2) is 0 Å². The first-order valence-electron chi connectivity index (χ1n) is 9.29. The van der Waals surface area contributed by atoms with E-state index in [2.05, 4.69) is 51.2 Å².